The molecule has 0 saturated heterocycles. The molecule has 1 nitrogen and oxygen atoms in total. The number of rotatable bonds is 3. The SMILES string of the molecule is CC(C)c1cc(F)cc(CC2(O)CC2)c1. The average molecular weight is 208 g/mol. The van der Waals surface area contributed by atoms with Crippen LogP contribution < -0.4 is 0 Å². The van der Waals surface area contributed by atoms with E-state index in [9.17, 15) is 9.50 Å². The van der Waals surface area contributed by atoms with Crippen molar-refractivity contribution in [2.75, 3.05) is 0 Å². The van der Waals surface area contributed by atoms with Crippen molar-refractivity contribution in [1.82, 2.24) is 0 Å². The zero-order valence-corrected chi connectivity index (χ0v) is 9.26. The van der Waals surface area contributed by atoms with Gasteiger partial charge in [-0.2, -0.15) is 0 Å². The van der Waals surface area contributed by atoms with E-state index < -0.39 is 5.60 Å². The van der Waals surface area contributed by atoms with Gasteiger partial charge in [-0.1, -0.05) is 19.9 Å². The van der Waals surface area contributed by atoms with Crippen molar-refractivity contribution in [3.8, 4) is 0 Å². The Bertz CT molecular complexity index is 367. The van der Waals surface area contributed by atoms with E-state index in [0.717, 1.165) is 24.0 Å². The molecule has 1 fully saturated rings. The molecule has 0 unspecified atom stereocenters. The highest BCUT2D eigenvalue weighted by molar-refractivity contribution is 5.28. The van der Waals surface area contributed by atoms with Gasteiger partial charge in [0, 0.05) is 6.42 Å². The molecule has 2 rings (SSSR count). The lowest BCUT2D eigenvalue weighted by Gasteiger charge is -2.11. The van der Waals surface area contributed by atoms with Crippen molar-refractivity contribution in [2.24, 2.45) is 0 Å². The minimum Gasteiger partial charge on any atom is -0.390 e. The van der Waals surface area contributed by atoms with Crippen LogP contribution >= 0.6 is 0 Å². The zero-order chi connectivity index (χ0) is 11.1. The maximum Gasteiger partial charge on any atom is 0.123 e. The molecule has 0 heterocycles. The van der Waals surface area contributed by atoms with E-state index in [4.69, 9.17) is 0 Å². The summed E-state index contributed by atoms with van der Waals surface area (Å²) >= 11 is 0. The molecule has 1 aliphatic carbocycles. The van der Waals surface area contributed by atoms with E-state index in [-0.39, 0.29) is 5.82 Å². The molecule has 82 valence electrons. The van der Waals surface area contributed by atoms with E-state index in [1.165, 1.54) is 6.07 Å². The molecule has 15 heavy (non-hydrogen) atoms. The lowest BCUT2D eigenvalue weighted by molar-refractivity contribution is 0.151. The summed E-state index contributed by atoms with van der Waals surface area (Å²) in [6, 6.07) is 5.11. The fourth-order valence-electron chi connectivity index (χ4n) is 1.81. The maximum atomic E-state index is 13.3. The van der Waals surface area contributed by atoms with Crippen molar-refractivity contribution < 1.29 is 9.50 Å². The molecule has 0 aromatic heterocycles. The Hall–Kier alpha value is -0.890. The molecule has 2 heteroatoms. The first-order valence-electron chi connectivity index (χ1n) is 5.50. The van der Waals surface area contributed by atoms with Gasteiger partial charge in [0.25, 0.3) is 0 Å². The topological polar surface area (TPSA) is 20.2 Å². The minimum atomic E-state index is -0.540. The van der Waals surface area contributed by atoms with Crippen molar-refractivity contribution >= 4 is 0 Å². The van der Waals surface area contributed by atoms with Crippen LogP contribution in [0, 0.1) is 5.82 Å². The molecule has 0 amide bonds. The van der Waals surface area contributed by atoms with Crippen molar-refractivity contribution in [2.45, 2.75) is 44.6 Å². The second-order valence-electron chi connectivity index (χ2n) is 4.95. The summed E-state index contributed by atoms with van der Waals surface area (Å²) in [7, 11) is 0. The summed E-state index contributed by atoms with van der Waals surface area (Å²) in [5.74, 6) is 0.133. The van der Waals surface area contributed by atoms with Gasteiger partial charge in [-0.25, -0.2) is 4.39 Å². The smallest absolute Gasteiger partial charge is 0.123 e. The van der Waals surface area contributed by atoms with Crippen LogP contribution in [0.2, 0.25) is 0 Å². The summed E-state index contributed by atoms with van der Waals surface area (Å²) < 4.78 is 13.3. The molecule has 0 bridgehead atoms. The average Bonchev–Trinajstić information content (AvgIpc) is 2.81. The largest absolute Gasteiger partial charge is 0.390 e. The fourth-order valence-corrected chi connectivity index (χ4v) is 1.81. The third kappa shape index (κ3) is 2.57. The summed E-state index contributed by atoms with van der Waals surface area (Å²) in [6.45, 7) is 4.09. The molecule has 1 saturated carbocycles. The Kier molecular flexibility index (Phi) is 2.55. The van der Waals surface area contributed by atoms with Crippen molar-refractivity contribution in [1.29, 1.82) is 0 Å². The van der Waals surface area contributed by atoms with Crippen LogP contribution in [0.3, 0.4) is 0 Å². The summed E-state index contributed by atoms with van der Waals surface area (Å²) in [5.41, 5.74) is 1.38. The van der Waals surface area contributed by atoms with E-state index in [0.29, 0.717) is 12.3 Å². The van der Waals surface area contributed by atoms with Gasteiger partial charge in [-0.3, -0.25) is 0 Å². The summed E-state index contributed by atoms with van der Waals surface area (Å²) in [5, 5.41) is 9.78. The highest BCUT2D eigenvalue weighted by atomic mass is 19.1. The van der Waals surface area contributed by atoms with E-state index in [1.54, 1.807) is 6.07 Å². The Morgan fingerprint density at radius 3 is 2.53 bits per heavy atom. The third-order valence-electron chi connectivity index (χ3n) is 3.01. The molecule has 1 aromatic rings. The molecule has 0 aliphatic heterocycles. The fraction of sp³-hybridized carbons (Fsp3) is 0.538. The quantitative estimate of drug-likeness (QED) is 0.809. The van der Waals surface area contributed by atoms with Crippen LogP contribution in [0.4, 0.5) is 4.39 Å². The van der Waals surface area contributed by atoms with Gasteiger partial charge in [0.1, 0.15) is 5.82 Å². The molecule has 1 aromatic carbocycles. The normalized spacial score (nSPS) is 18.2. The third-order valence-corrected chi connectivity index (χ3v) is 3.01. The second kappa shape index (κ2) is 3.60. The Morgan fingerprint density at radius 1 is 1.33 bits per heavy atom. The number of halogens is 1. The molecule has 0 atom stereocenters. The van der Waals surface area contributed by atoms with Gasteiger partial charge in [0.05, 0.1) is 5.60 Å². The number of benzene rings is 1. The minimum absolute atomic E-state index is 0.194. The van der Waals surface area contributed by atoms with E-state index in [2.05, 4.69) is 0 Å². The number of hydrogen-bond donors (Lipinski definition) is 1. The molecule has 0 radical (unpaired) electrons. The first-order valence-corrected chi connectivity index (χ1v) is 5.50. The van der Waals surface area contributed by atoms with Crippen molar-refractivity contribution in [3.63, 3.8) is 0 Å². The highest BCUT2D eigenvalue weighted by Gasteiger charge is 2.40. The Labute approximate surface area is 89.9 Å². The molecular weight excluding hydrogens is 191 g/mol. The van der Waals surface area contributed by atoms with Gasteiger partial charge < -0.3 is 5.11 Å². The summed E-state index contributed by atoms with van der Waals surface area (Å²) in [4.78, 5) is 0. The molecular formula is C13H17FO. The number of aliphatic hydroxyl groups is 1. The van der Waals surface area contributed by atoms with Gasteiger partial charge in [-0.15, -0.1) is 0 Å². The first kappa shape index (κ1) is 10.6. The predicted molar refractivity (Wildman–Crippen MR) is 58.4 cm³/mol. The second-order valence-corrected chi connectivity index (χ2v) is 4.95. The van der Waals surface area contributed by atoms with Crippen LogP contribution in [0.1, 0.15) is 43.7 Å². The maximum absolute atomic E-state index is 13.3. The van der Waals surface area contributed by atoms with Crippen LogP contribution in [0.25, 0.3) is 0 Å². The van der Waals surface area contributed by atoms with Crippen LogP contribution in [-0.2, 0) is 6.42 Å². The van der Waals surface area contributed by atoms with Gasteiger partial charge in [0.15, 0.2) is 0 Å². The highest BCUT2D eigenvalue weighted by Crippen LogP contribution is 2.38. The first-order chi connectivity index (χ1) is 6.98. The number of hydrogen-bond acceptors (Lipinski definition) is 1. The lowest BCUT2D eigenvalue weighted by Crippen LogP contribution is -2.11. The van der Waals surface area contributed by atoms with Gasteiger partial charge in [0.2, 0.25) is 0 Å². The monoisotopic (exact) mass is 208 g/mol. The Balaban J connectivity index is 2.23. The molecule has 1 aliphatic rings. The molecule has 0 spiro atoms. The summed E-state index contributed by atoms with van der Waals surface area (Å²) in [6.07, 6.45) is 2.28. The van der Waals surface area contributed by atoms with Gasteiger partial charge in [-0.05, 0) is 42.0 Å². The molecule has 1 N–H and O–H groups in total. The van der Waals surface area contributed by atoms with E-state index in [1.807, 2.05) is 19.9 Å². The standard InChI is InChI=1S/C13H17FO/c1-9(2)11-5-10(6-12(14)7-11)8-13(15)3-4-13/h5-7,9,15H,3-4,8H2,1-2H3. The van der Waals surface area contributed by atoms with Crippen molar-refractivity contribution in [3.05, 3.63) is 35.1 Å². The van der Waals surface area contributed by atoms with E-state index >= 15 is 0 Å². The van der Waals surface area contributed by atoms with Crippen LogP contribution in [-0.4, -0.2) is 10.7 Å². The Morgan fingerprint density at radius 2 is 2.00 bits per heavy atom. The van der Waals surface area contributed by atoms with Crippen LogP contribution in [0.15, 0.2) is 18.2 Å². The van der Waals surface area contributed by atoms with Gasteiger partial charge >= 0.3 is 0 Å². The zero-order valence-electron chi connectivity index (χ0n) is 9.26. The van der Waals surface area contributed by atoms with Crippen LogP contribution in [0.5, 0.6) is 0 Å². The predicted octanol–water partition coefficient (Wildman–Crippen LogP) is 3.02. The lowest BCUT2D eigenvalue weighted by atomic mass is 9.97.